The van der Waals surface area contributed by atoms with Crippen molar-refractivity contribution in [2.24, 2.45) is 0 Å². The number of aliphatic carboxylic acids is 1. The third kappa shape index (κ3) is 2.48. The van der Waals surface area contributed by atoms with Crippen molar-refractivity contribution < 1.29 is 9.90 Å². The Morgan fingerprint density at radius 1 is 1.44 bits per heavy atom. The Bertz CT molecular complexity index is 350. The first-order valence-corrected chi connectivity index (χ1v) is 5.52. The third-order valence-electron chi connectivity index (χ3n) is 2.91. The van der Waals surface area contributed by atoms with Gasteiger partial charge in [0.15, 0.2) is 0 Å². The second-order valence-electron chi connectivity index (χ2n) is 4.02. The number of carboxylic acids is 1. The van der Waals surface area contributed by atoms with E-state index < -0.39 is 5.97 Å². The molecular formula is C11H15N3O2. The topological polar surface area (TPSA) is 66.3 Å². The molecule has 1 aromatic heterocycles. The van der Waals surface area contributed by atoms with Gasteiger partial charge >= 0.3 is 5.97 Å². The molecule has 1 fully saturated rings. The Morgan fingerprint density at radius 2 is 2.19 bits per heavy atom. The number of hydrogen-bond acceptors (Lipinski definition) is 4. The zero-order valence-corrected chi connectivity index (χ0v) is 9.04. The highest BCUT2D eigenvalue weighted by molar-refractivity contribution is 5.73. The van der Waals surface area contributed by atoms with Gasteiger partial charge in [-0.2, -0.15) is 0 Å². The van der Waals surface area contributed by atoms with Crippen LogP contribution in [0.5, 0.6) is 0 Å². The first-order valence-electron chi connectivity index (χ1n) is 5.52. The molecule has 1 aliphatic rings. The van der Waals surface area contributed by atoms with Gasteiger partial charge in [-0.25, -0.2) is 4.98 Å². The van der Waals surface area contributed by atoms with Gasteiger partial charge in [0.2, 0.25) is 0 Å². The maximum atomic E-state index is 10.8. The van der Waals surface area contributed by atoms with Crippen molar-refractivity contribution in [2.75, 3.05) is 11.4 Å². The zero-order chi connectivity index (χ0) is 11.4. The van der Waals surface area contributed by atoms with E-state index in [9.17, 15) is 4.79 Å². The van der Waals surface area contributed by atoms with E-state index >= 15 is 0 Å². The van der Waals surface area contributed by atoms with Crippen LogP contribution >= 0.6 is 0 Å². The summed E-state index contributed by atoms with van der Waals surface area (Å²) in [6.07, 6.45) is 9.24. The van der Waals surface area contributed by atoms with E-state index in [0.717, 1.165) is 12.8 Å². The van der Waals surface area contributed by atoms with Crippen LogP contribution in [0.15, 0.2) is 18.6 Å². The molecule has 1 N–H and O–H groups in total. The van der Waals surface area contributed by atoms with Crippen molar-refractivity contribution in [3.05, 3.63) is 18.6 Å². The molecule has 1 heterocycles. The van der Waals surface area contributed by atoms with Crippen LogP contribution in [0.25, 0.3) is 0 Å². The van der Waals surface area contributed by atoms with Crippen LogP contribution < -0.4 is 4.90 Å². The summed E-state index contributed by atoms with van der Waals surface area (Å²) in [6, 6.07) is 0.299. The molecule has 86 valence electrons. The number of rotatable bonds is 4. The molecule has 16 heavy (non-hydrogen) atoms. The summed E-state index contributed by atoms with van der Waals surface area (Å²) >= 11 is 0. The summed E-state index contributed by atoms with van der Waals surface area (Å²) in [4.78, 5) is 20.9. The van der Waals surface area contributed by atoms with Crippen molar-refractivity contribution in [3.63, 3.8) is 0 Å². The molecule has 2 rings (SSSR count). The standard InChI is InChI=1S/C11H15N3O2/c15-11(16)8-14(9-3-1-2-4-9)10-7-12-5-6-13-10/h5-7,9H,1-4,8H2,(H,15,16). The minimum Gasteiger partial charge on any atom is -0.480 e. The highest BCUT2D eigenvalue weighted by Crippen LogP contribution is 2.26. The molecule has 0 radical (unpaired) electrons. The summed E-state index contributed by atoms with van der Waals surface area (Å²) in [5.41, 5.74) is 0. The summed E-state index contributed by atoms with van der Waals surface area (Å²) < 4.78 is 0. The van der Waals surface area contributed by atoms with Gasteiger partial charge in [-0.05, 0) is 12.8 Å². The molecule has 0 spiro atoms. The van der Waals surface area contributed by atoms with E-state index in [1.807, 2.05) is 4.90 Å². The van der Waals surface area contributed by atoms with Gasteiger partial charge in [0.25, 0.3) is 0 Å². The minimum absolute atomic E-state index is 0.00333. The lowest BCUT2D eigenvalue weighted by atomic mass is 10.2. The second kappa shape index (κ2) is 4.92. The number of aromatic nitrogens is 2. The molecule has 0 bridgehead atoms. The largest absolute Gasteiger partial charge is 0.480 e. The molecule has 0 atom stereocenters. The average Bonchev–Trinajstić information content (AvgIpc) is 2.80. The van der Waals surface area contributed by atoms with Gasteiger partial charge in [0.05, 0.1) is 6.20 Å². The molecule has 0 aliphatic heterocycles. The van der Waals surface area contributed by atoms with Gasteiger partial charge in [0, 0.05) is 18.4 Å². The Morgan fingerprint density at radius 3 is 2.75 bits per heavy atom. The molecule has 5 heteroatoms. The van der Waals surface area contributed by atoms with Gasteiger partial charge in [0.1, 0.15) is 12.4 Å². The lowest BCUT2D eigenvalue weighted by Gasteiger charge is -2.27. The predicted molar refractivity (Wildman–Crippen MR) is 59.3 cm³/mol. The van der Waals surface area contributed by atoms with Gasteiger partial charge in [-0.1, -0.05) is 12.8 Å². The van der Waals surface area contributed by atoms with Crippen LogP contribution in [0, 0.1) is 0 Å². The number of carboxylic acid groups (broad SMARTS) is 1. The second-order valence-corrected chi connectivity index (χ2v) is 4.02. The maximum Gasteiger partial charge on any atom is 0.323 e. The summed E-state index contributed by atoms with van der Waals surface area (Å²) in [6.45, 7) is 0.00333. The van der Waals surface area contributed by atoms with Crippen LogP contribution in [0.3, 0.4) is 0 Å². The Balaban J connectivity index is 2.16. The van der Waals surface area contributed by atoms with Crippen molar-refractivity contribution >= 4 is 11.8 Å². The molecule has 1 aromatic rings. The maximum absolute atomic E-state index is 10.8. The molecule has 1 aliphatic carbocycles. The van der Waals surface area contributed by atoms with Crippen LogP contribution in [-0.4, -0.2) is 33.6 Å². The lowest BCUT2D eigenvalue weighted by Crippen LogP contribution is -2.38. The van der Waals surface area contributed by atoms with Crippen LogP contribution in [0.4, 0.5) is 5.82 Å². The summed E-state index contributed by atoms with van der Waals surface area (Å²) in [5.74, 6) is -0.158. The fourth-order valence-electron chi connectivity index (χ4n) is 2.20. The van der Waals surface area contributed by atoms with E-state index in [1.54, 1.807) is 18.6 Å². The van der Waals surface area contributed by atoms with Crippen LogP contribution in [0.1, 0.15) is 25.7 Å². The first-order chi connectivity index (χ1) is 7.77. The molecule has 0 unspecified atom stereocenters. The highest BCUT2D eigenvalue weighted by atomic mass is 16.4. The van der Waals surface area contributed by atoms with Crippen molar-refractivity contribution in [3.8, 4) is 0 Å². The number of anilines is 1. The van der Waals surface area contributed by atoms with E-state index in [4.69, 9.17) is 5.11 Å². The number of carbonyl (C=O) groups is 1. The smallest absolute Gasteiger partial charge is 0.323 e. The van der Waals surface area contributed by atoms with E-state index in [-0.39, 0.29) is 6.54 Å². The minimum atomic E-state index is -0.822. The number of nitrogens with zero attached hydrogens (tertiary/aromatic N) is 3. The van der Waals surface area contributed by atoms with Gasteiger partial charge in [-0.3, -0.25) is 9.78 Å². The SMILES string of the molecule is O=C(O)CN(c1cnccn1)C1CCCC1. The Kier molecular flexibility index (Phi) is 3.34. The molecule has 0 aromatic carbocycles. The van der Waals surface area contributed by atoms with Gasteiger partial charge < -0.3 is 10.0 Å². The van der Waals surface area contributed by atoms with Crippen molar-refractivity contribution in [1.82, 2.24) is 9.97 Å². The summed E-state index contributed by atoms with van der Waals surface area (Å²) in [5, 5.41) is 8.92. The molecule has 0 amide bonds. The molecule has 0 saturated heterocycles. The monoisotopic (exact) mass is 221 g/mol. The summed E-state index contributed by atoms with van der Waals surface area (Å²) in [7, 11) is 0. The molecule has 5 nitrogen and oxygen atoms in total. The fourth-order valence-corrected chi connectivity index (χ4v) is 2.20. The quantitative estimate of drug-likeness (QED) is 0.830. The molecular weight excluding hydrogens is 206 g/mol. The lowest BCUT2D eigenvalue weighted by molar-refractivity contribution is -0.135. The van der Waals surface area contributed by atoms with E-state index in [2.05, 4.69) is 9.97 Å². The fraction of sp³-hybridized carbons (Fsp3) is 0.545. The van der Waals surface area contributed by atoms with E-state index in [1.165, 1.54) is 12.8 Å². The van der Waals surface area contributed by atoms with Crippen LogP contribution in [-0.2, 0) is 4.79 Å². The normalized spacial score (nSPS) is 16.2. The van der Waals surface area contributed by atoms with Crippen LogP contribution in [0.2, 0.25) is 0 Å². The van der Waals surface area contributed by atoms with Gasteiger partial charge in [-0.15, -0.1) is 0 Å². The molecule has 1 saturated carbocycles. The highest BCUT2D eigenvalue weighted by Gasteiger charge is 2.25. The number of hydrogen-bond donors (Lipinski definition) is 1. The first kappa shape index (κ1) is 10.9. The van der Waals surface area contributed by atoms with Crippen molar-refractivity contribution in [1.29, 1.82) is 0 Å². The Labute approximate surface area is 94.1 Å². The van der Waals surface area contributed by atoms with Crippen molar-refractivity contribution in [2.45, 2.75) is 31.7 Å². The third-order valence-corrected chi connectivity index (χ3v) is 2.91. The zero-order valence-electron chi connectivity index (χ0n) is 9.04. The van der Waals surface area contributed by atoms with E-state index in [0.29, 0.717) is 11.9 Å². The predicted octanol–water partition coefficient (Wildman–Crippen LogP) is 1.31. The Hall–Kier alpha value is -1.65. The average molecular weight is 221 g/mol.